The van der Waals surface area contributed by atoms with Crippen molar-refractivity contribution in [2.75, 3.05) is 0 Å². The van der Waals surface area contributed by atoms with Crippen LogP contribution in [0.4, 0.5) is 0 Å². The van der Waals surface area contributed by atoms with Crippen molar-refractivity contribution in [3.05, 3.63) is 34.9 Å². The molecule has 0 aromatic carbocycles. The van der Waals surface area contributed by atoms with Gasteiger partial charge in [-0.25, -0.2) is 0 Å². The first-order valence-corrected chi connectivity index (χ1v) is 8.63. The van der Waals surface area contributed by atoms with Gasteiger partial charge in [0.2, 0.25) is 0 Å². The fourth-order valence-corrected chi connectivity index (χ4v) is 3.19. The molecule has 2 atom stereocenters. The predicted octanol–water partition coefficient (Wildman–Crippen LogP) is 5.09. The first-order chi connectivity index (χ1) is 10.2. The molecule has 0 amide bonds. The van der Waals surface area contributed by atoms with E-state index in [1.807, 2.05) is 13.8 Å². The maximum Gasteiger partial charge on any atom is 0.0923 e. The summed E-state index contributed by atoms with van der Waals surface area (Å²) in [7, 11) is 0. The van der Waals surface area contributed by atoms with Crippen molar-refractivity contribution < 1.29 is 9.84 Å². The van der Waals surface area contributed by atoms with Crippen molar-refractivity contribution in [1.29, 1.82) is 0 Å². The van der Waals surface area contributed by atoms with Crippen molar-refractivity contribution in [2.45, 2.75) is 90.4 Å². The fraction of sp³-hybridized carbons (Fsp3) is 0.700. The van der Waals surface area contributed by atoms with E-state index < -0.39 is 5.60 Å². The van der Waals surface area contributed by atoms with Crippen LogP contribution in [0.3, 0.4) is 0 Å². The predicted molar refractivity (Wildman–Crippen MR) is 92.9 cm³/mol. The molecule has 2 rings (SSSR count). The zero-order valence-corrected chi connectivity index (χ0v) is 14.9. The van der Waals surface area contributed by atoms with E-state index in [4.69, 9.17) is 4.74 Å². The number of fused-ring (bicyclic) bond motifs is 1. The Morgan fingerprint density at radius 3 is 2.55 bits per heavy atom. The van der Waals surface area contributed by atoms with Crippen LogP contribution in [0.1, 0.15) is 73.1 Å². The second-order valence-corrected chi connectivity index (χ2v) is 7.81. The minimum atomic E-state index is -0.744. The Labute approximate surface area is 136 Å². The molecule has 1 aliphatic carbocycles. The lowest BCUT2D eigenvalue weighted by molar-refractivity contribution is 0.116. The zero-order chi connectivity index (χ0) is 16.4. The number of rotatable bonds is 1. The largest absolute Gasteiger partial charge is 0.386 e. The summed E-state index contributed by atoms with van der Waals surface area (Å²) in [4.78, 5) is 0. The fourth-order valence-electron chi connectivity index (χ4n) is 3.19. The van der Waals surface area contributed by atoms with E-state index in [-0.39, 0.29) is 5.60 Å². The van der Waals surface area contributed by atoms with Crippen molar-refractivity contribution in [1.82, 2.24) is 0 Å². The van der Waals surface area contributed by atoms with Crippen LogP contribution in [0.15, 0.2) is 34.9 Å². The Bertz CT molecular complexity index is 490. The molecule has 124 valence electrons. The van der Waals surface area contributed by atoms with E-state index in [1.165, 1.54) is 11.1 Å². The van der Waals surface area contributed by atoms with Gasteiger partial charge >= 0.3 is 0 Å². The molecule has 0 bridgehead atoms. The monoisotopic (exact) mass is 304 g/mol. The van der Waals surface area contributed by atoms with Gasteiger partial charge in [0, 0.05) is 0 Å². The van der Waals surface area contributed by atoms with E-state index in [0.29, 0.717) is 6.10 Å². The second kappa shape index (κ2) is 6.72. The molecular formula is C20H32O2. The van der Waals surface area contributed by atoms with Crippen LogP contribution in [0.25, 0.3) is 0 Å². The van der Waals surface area contributed by atoms with Crippen molar-refractivity contribution >= 4 is 0 Å². The van der Waals surface area contributed by atoms with E-state index in [1.54, 1.807) is 0 Å². The van der Waals surface area contributed by atoms with Gasteiger partial charge in [0.05, 0.1) is 17.3 Å². The summed E-state index contributed by atoms with van der Waals surface area (Å²) >= 11 is 0. The Hall–Kier alpha value is -0.860. The number of ether oxygens (including phenoxy) is 1. The normalized spacial score (nSPS) is 38.5. The lowest BCUT2D eigenvalue weighted by Crippen LogP contribution is -2.22. The number of hydrogen-bond acceptors (Lipinski definition) is 2. The Kier molecular flexibility index (Phi) is 5.34. The lowest BCUT2D eigenvalue weighted by atomic mass is 9.90. The van der Waals surface area contributed by atoms with Crippen LogP contribution >= 0.6 is 0 Å². The molecule has 2 heteroatoms. The van der Waals surface area contributed by atoms with Gasteiger partial charge in [-0.3, -0.25) is 0 Å². The van der Waals surface area contributed by atoms with Gasteiger partial charge in [-0.2, -0.15) is 0 Å². The average Bonchev–Trinajstić information content (AvgIpc) is 3.04. The third kappa shape index (κ3) is 4.82. The summed E-state index contributed by atoms with van der Waals surface area (Å²) in [5.74, 6) is 0. The highest BCUT2D eigenvalue weighted by Crippen LogP contribution is 2.43. The molecule has 0 radical (unpaired) electrons. The van der Waals surface area contributed by atoms with Gasteiger partial charge in [-0.1, -0.05) is 29.4 Å². The van der Waals surface area contributed by atoms with Gasteiger partial charge in [0.15, 0.2) is 0 Å². The topological polar surface area (TPSA) is 32.8 Å². The first-order valence-electron chi connectivity index (χ1n) is 8.63. The van der Waals surface area contributed by atoms with Gasteiger partial charge < -0.3 is 9.84 Å². The summed E-state index contributed by atoms with van der Waals surface area (Å²) in [5, 5.41) is 10.4. The molecule has 2 nitrogen and oxygen atoms in total. The molecule has 1 aliphatic heterocycles. The minimum Gasteiger partial charge on any atom is -0.386 e. The van der Waals surface area contributed by atoms with E-state index in [2.05, 4.69) is 39.0 Å². The molecular weight excluding hydrogens is 272 g/mol. The highest BCUT2D eigenvalue weighted by atomic mass is 16.6. The Morgan fingerprint density at radius 2 is 1.86 bits per heavy atom. The Balaban J connectivity index is 2.16. The first kappa shape index (κ1) is 17.5. The zero-order valence-electron chi connectivity index (χ0n) is 14.9. The van der Waals surface area contributed by atoms with Crippen molar-refractivity contribution in [3.63, 3.8) is 0 Å². The van der Waals surface area contributed by atoms with Crippen LogP contribution in [-0.4, -0.2) is 22.4 Å². The van der Waals surface area contributed by atoms with Crippen LogP contribution in [0.2, 0.25) is 0 Å². The maximum absolute atomic E-state index is 10.4. The number of hydrogen-bond donors (Lipinski definition) is 1. The summed E-state index contributed by atoms with van der Waals surface area (Å²) < 4.78 is 5.93. The van der Waals surface area contributed by atoms with E-state index in [0.717, 1.165) is 44.1 Å². The van der Waals surface area contributed by atoms with Crippen LogP contribution in [-0.2, 0) is 4.74 Å². The number of allylic oxidation sites excluding steroid dienone is 5. The van der Waals surface area contributed by atoms with Crippen molar-refractivity contribution in [3.8, 4) is 0 Å². The second-order valence-electron chi connectivity index (χ2n) is 7.81. The van der Waals surface area contributed by atoms with Crippen LogP contribution in [0, 0.1) is 0 Å². The Morgan fingerprint density at radius 1 is 1.14 bits per heavy atom. The van der Waals surface area contributed by atoms with E-state index in [9.17, 15) is 5.11 Å². The molecule has 22 heavy (non-hydrogen) atoms. The van der Waals surface area contributed by atoms with Crippen molar-refractivity contribution in [2.24, 2.45) is 0 Å². The molecule has 0 spiro atoms. The van der Waals surface area contributed by atoms with Gasteiger partial charge in [0.1, 0.15) is 0 Å². The molecule has 0 saturated carbocycles. The van der Waals surface area contributed by atoms with Crippen LogP contribution < -0.4 is 0 Å². The highest BCUT2D eigenvalue weighted by Gasteiger charge is 2.50. The molecule has 1 fully saturated rings. The molecule has 1 heterocycles. The van der Waals surface area contributed by atoms with E-state index >= 15 is 0 Å². The summed E-state index contributed by atoms with van der Waals surface area (Å²) in [5.41, 5.74) is 3.25. The summed E-state index contributed by atoms with van der Waals surface area (Å²) in [6.45, 7) is 10.4. The lowest BCUT2D eigenvalue weighted by Gasteiger charge is -2.22. The van der Waals surface area contributed by atoms with Gasteiger partial charge in [0.25, 0.3) is 0 Å². The third-order valence-corrected chi connectivity index (χ3v) is 5.11. The number of aliphatic hydroxyl groups is 1. The quantitative estimate of drug-likeness (QED) is 0.541. The molecule has 1 N–H and O–H groups in total. The molecule has 0 aromatic rings. The van der Waals surface area contributed by atoms with Crippen LogP contribution in [0.5, 0.6) is 0 Å². The minimum absolute atomic E-state index is 0.106. The molecule has 2 unspecified atom stereocenters. The van der Waals surface area contributed by atoms with Gasteiger partial charge in [-0.05, 0) is 78.7 Å². The SMILES string of the molecule is C/C1=C\CCC2(C)OC2CC/C(C)=C/C=C(/C(C)(C)O)CC1. The molecule has 0 aromatic heterocycles. The third-order valence-electron chi connectivity index (χ3n) is 5.11. The van der Waals surface area contributed by atoms with Gasteiger partial charge in [-0.15, -0.1) is 0 Å². The molecule has 2 aliphatic rings. The number of epoxide rings is 1. The highest BCUT2D eigenvalue weighted by molar-refractivity contribution is 5.24. The standard InChI is InChI=1S/C20H32O2/c1-15-7-6-14-20(5)18(22-20)13-10-16(2)9-12-17(11-8-15)19(3,4)21/h7,9,12,18,21H,6,8,10-11,13-14H2,1-5H3/b15-7+,16-9+,17-12+. The summed E-state index contributed by atoms with van der Waals surface area (Å²) in [6.07, 6.45) is 13.4. The average molecular weight is 304 g/mol. The molecule has 1 saturated heterocycles. The maximum atomic E-state index is 10.4. The summed E-state index contributed by atoms with van der Waals surface area (Å²) in [6, 6.07) is 0. The smallest absolute Gasteiger partial charge is 0.0923 e.